The SMILES string of the molecule is CCCCCCCCC1CCCO1.CCCCCCCCC1CO1. The van der Waals surface area contributed by atoms with E-state index < -0.39 is 0 Å². The fraction of sp³-hybridized carbons (Fsp3) is 1.00. The lowest BCUT2D eigenvalue weighted by atomic mass is 10.1. The number of unbranched alkanes of at least 4 members (excludes halogenated alkanes) is 10. The van der Waals surface area contributed by atoms with E-state index >= 15 is 0 Å². The van der Waals surface area contributed by atoms with E-state index in [9.17, 15) is 0 Å². The second kappa shape index (κ2) is 16.4. The monoisotopic (exact) mass is 340 g/mol. The summed E-state index contributed by atoms with van der Waals surface area (Å²) in [6.45, 7) is 6.58. The summed E-state index contributed by atoms with van der Waals surface area (Å²) in [5, 5.41) is 0. The van der Waals surface area contributed by atoms with Crippen LogP contribution in [0, 0.1) is 0 Å². The second-order valence-corrected chi connectivity index (χ2v) is 7.70. The van der Waals surface area contributed by atoms with Crippen LogP contribution in [0.3, 0.4) is 0 Å². The standard InChI is InChI=1S/C12H24O.C10H20O/c1-2-3-4-5-6-7-9-12-10-8-11-13-12;1-2-3-4-5-6-7-8-10-9-11-10/h12H,2-11H2,1H3;10H,2-9H2,1H3. The van der Waals surface area contributed by atoms with Gasteiger partial charge in [0.2, 0.25) is 0 Å². The smallest absolute Gasteiger partial charge is 0.0810 e. The highest BCUT2D eigenvalue weighted by Gasteiger charge is 2.20. The van der Waals surface area contributed by atoms with E-state index in [1.807, 2.05) is 0 Å². The van der Waals surface area contributed by atoms with Crippen LogP contribution in [0.5, 0.6) is 0 Å². The van der Waals surface area contributed by atoms with Gasteiger partial charge >= 0.3 is 0 Å². The average Bonchev–Trinajstić information content (AvgIpc) is 3.28. The van der Waals surface area contributed by atoms with Gasteiger partial charge in [0, 0.05) is 6.61 Å². The van der Waals surface area contributed by atoms with Gasteiger partial charge in [-0.25, -0.2) is 0 Å². The zero-order valence-corrected chi connectivity index (χ0v) is 16.7. The number of hydrogen-bond donors (Lipinski definition) is 0. The van der Waals surface area contributed by atoms with Crippen LogP contribution < -0.4 is 0 Å². The average molecular weight is 341 g/mol. The number of rotatable bonds is 14. The number of hydrogen-bond acceptors (Lipinski definition) is 2. The Bertz CT molecular complexity index is 244. The minimum absolute atomic E-state index is 0.617. The first-order valence-corrected chi connectivity index (χ1v) is 11.1. The molecule has 0 aliphatic carbocycles. The normalized spacial score (nSPS) is 22.2. The van der Waals surface area contributed by atoms with Gasteiger partial charge in [0.25, 0.3) is 0 Å². The van der Waals surface area contributed by atoms with Gasteiger partial charge in [-0.05, 0) is 25.7 Å². The topological polar surface area (TPSA) is 21.8 Å². The molecule has 0 amide bonds. The van der Waals surface area contributed by atoms with Crippen molar-refractivity contribution in [3.05, 3.63) is 0 Å². The molecule has 0 aromatic carbocycles. The molecule has 2 aliphatic rings. The lowest BCUT2D eigenvalue weighted by Gasteiger charge is -2.08. The van der Waals surface area contributed by atoms with Crippen LogP contribution >= 0.6 is 0 Å². The maximum absolute atomic E-state index is 5.58. The van der Waals surface area contributed by atoms with Crippen LogP contribution in [0.1, 0.15) is 117 Å². The Kier molecular flexibility index (Phi) is 15.0. The Labute approximate surface area is 152 Å². The molecule has 2 heterocycles. The van der Waals surface area contributed by atoms with Gasteiger partial charge in [-0.1, -0.05) is 90.9 Å². The maximum Gasteiger partial charge on any atom is 0.0810 e. The van der Waals surface area contributed by atoms with Crippen LogP contribution in [-0.2, 0) is 9.47 Å². The van der Waals surface area contributed by atoms with Crippen molar-refractivity contribution >= 4 is 0 Å². The summed E-state index contributed by atoms with van der Waals surface area (Å²) in [5.74, 6) is 0. The molecule has 144 valence electrons. The highest BCUT2D eigenvalue weighted by molar-refractivity contribution is 4.68. The fourth-order valence-electron chi connectivity index (χ4n) is 3.41. The Morgan fingerprint density at radius 3 is 1.58 bits per heavy atom. The summed E-state index contributed by atoms with van der Waals surface area (Å²) in [6.07, 6.45) is 23.4. The first kappa shape index (κ1) is 22.0. The van der Waals surface area contributed by atoms with Gasteiger partial charge in [-0.2, -0.15) is 0 Å². The third kappa shape index (κ3) is 14.3. The van der Waals surface area contributed by atoms with E-state index in [0.717, 1.165) is 13.2 Å². The van der Waals surface area contributed by atoms with Gasteiger partial charge < -0.3 is 9.47 Å². The molecule has 0 saturated carbocycles. The number of epoxide rings is 1. The summed E-state index contributed by atoms with van der Waals surface area (Å²) in [6, 6.07) is 0. The first-order valence-electron chi connectivity index (χ1n) is 11.1. The summed E-state index contributed by atoms with van der Waals surface area (Å²) in [7, 11) is 0. The molecule has 2 saturated heterocycles. The van der Waals surface area contributed by atoms with Crippen molar-refractivity contribution in [3.63, 3.8) is 0 Å². The Hall–Kier alpha value is -0.0800. The molecule has 2 rings (SSSR count). The number of ether oxygens (including phenoxy) is 2. The van der Waals surface area contributed by atoms with E-state index in [1.54, 1.807) is 0 Å². The molecule has 24 heavy (non-hydrogen) atoms. The molecule has 0 aromatic heterocycles. The Balaban J connectivity index is 0.000000243. The largest absolute Gasteiger partial charge is 0.378 e. The first-order chi connectivity index (χ1) is 11.9. The minimum Gasteiger partial charge on any atom is -0.378 e. The summed E-state index contributed by atoms with van der Waals surface area (Å²) in [5.41, 5.74) is 0. The van der Waals surface area contributed by atoms with Crippen LogP contribution in [0.25, 0.3) is 0 Å². The second-order valence-electron chi connectivity index (χ2n) is 7.70. The predicted molar refractivity (Wildman–Crippen MR) is 105 cm³/mol. The van der Waals surface area contributed by atoms with Gasteiger partial charge in [-0.3, -0.25) is 0 Å². The Morgan fingerprint density at radius 2 is 1.12 bits per heavy atom. The van der Waals surface area contributed by atoms with Crippen LogP contribution in [0.4, 0.5) is 0 Å². The van der Waals surface area contributed by atoms with E-state index in [0.29, 0.717) is 12.2 Å². The van der Waals surface area contributed by atoms with Crippen LogP contribution in [0.15, 0.2) is 0 Å². The minimum atomic E-state index is 0.617. The van der Waals surface area contributed by atoms with Crippen molar-refractivity contribution in [3.8, 4) is 0 Å². The van der Waals surface area contributed by atoms with Crippen molar-refractivity contribution in [2.45, 2.75) is 129 Å². The molecular formula is C22H44O2. The molecule has 0 spiro atoms. The zero-order valence-electron chi connectivity index (χ0n) is 16.7. The molecule has 2 nitrogen and oxygen atoms in total. The van der Waals surface area contributed by atoms with Gasteiger partial charge in [0.05, 0.1) is 18.8 Å². The van der Waals surface area contributed by atoms with Gasteiger partial charge in [-0.15, -0.1) is 0 Å². The van der Waals surface area contributed by atoms with Crippen molar-refractivity contribution in [1.29, 1.82) is 0 Å². The van der Waals surface area contributed by atoms with Crippen molar-refractivity contribution in [2.75, 3.05) is 13.2 Å². The van der Waals surface area contributed by atoms with E-state index in [2.05, 4.69) is 13.8 Å². The zero-order chi connectivity index (χ0) is 17.3. The van der Waals surface area contributed by atoms with Crippen molar-refractivity contribution < 1.29 is 9.47 Å². The van der Waals surface area contributed by atoms with Gasteiger partial charge in [0.1, 0.15) is 0 Å². The summed E-state index contributed by atoms with van der Waals surface area (Å²) < 4.78 is 10.7. The molecule has 0 aromatic rings. The molecule has 0 N–H and O–H groups in total. The molecule has 2 atom stereocenters. The molecule has 0 radical (unpaired) electrons. The van der Waals surface area contributed by atoms with Crippen molar-refractivity contribution in [1.82, 2.24) is 0 Å². The van der Waals surface area contributed by atoms with E-state index in [1.165, 1.54) is 103 Å². The third-order valence-electron chi connectivity index (χ3n) is 5.19. The maximum atomic E-state index is 5.58. The molecule has 2 unspecified atom stereocenters. The molecular weight excluding hydrogens is 296 g/mol. The van der Waals surface area contributed by atoms with E-state index in [4.69, 9.17) is 9.47 Å². The predicted octanol–water partition coefficient (Wildman–Crippen LogP) is 7.05. The Morgan fingerprint density at radius 1 is 0.625 bits per heavy atom. The highest BCUT2D eigenvalue weighted by atomic mass is 16.6. The van der Waals surface area contributed by atoms with Crippen molar-refractivity contribution in [2.24, 2.45) is 0 Å². The van der Waals surface area contributed by atoms with Gasteiger partial charge in [0.15, 0.2) is 0 Å². The summed E-state index contributed by atoms with van der Waals surface area (Å²) >= 11 is 0. The van der Waals surface area contributed by atoms with E-state index in [-0.39, 0.29) is 0 Å². The highest BCUT2D eigenvalue weighted by Crippen LogP contribution is 2.19. The molecule has 0 bridgehead atoms. The molecule has 2 heteroatoms. The lowest BCUT2D eigenvalue weighted by molar-refractivity contribution is 0.102. The summed E-state index contributed by atoms with van der Waals surface area (Å²) in [4.78, 5) is 0. The quantitative estimate of drug-likeness (QED) is 0.249. The molecule has 2 fully saturated rings. The molecule has 2 aliphatic heterocycles. The fourth-order valence-corrected chi connectivity index (χ4v) is 3.41. The van der Waals surface area contributed by atoms with Crippen LogP contribution in [-0.4, -0.2) is 25.4 Å². The van der Waals surface area contributed by atoms with Crippen LogP contribution in [0.2, 0.25) is 0 Å². The lowest BCUT2D eigenvalue weighted by Crippen LogP contribution is -2.03. The third-order valence-corrected chi connectivity index (χ3v) is 5.19.